The first kappa shape index (κ1) is 17.2. The van der Waals surface area contributed by atoms with Crippen molar-refractivity contribution in [1.29, 1.82) is 0 Å². The molecule has 0 saturated carbocycles. The summed E-state index contributed by atoms with van der Waals surface area (Å²) in [4.78, 5) is 24.2. The smallest absolute Gasteiger partial charge is 0.338 e. The van der Waals surface area contributed by atoms with Gasteiger partial charge in [0.1, 0.15) is 0 Å². The zero-order valence-electron chi connectivity index (χ0n) is 13.2. The van der Waals surface area contributed by atoms with Gasteiger partial charge in [0, 0.05) is 12.2 Å². The van der Waals surface area contributed by atoms with Gasteiger partial charge in [-0.15, -0.1) is 0 Å². The van der Waals surface area contributed by atoms with Crippen LogP contribution in [0.2, 0.25) is 0 Å². The summed E-state index contributed by atoms with van der Waals surface area (Å²) < 4.78 is 4.74. The second-order valence-electron chi connectivity index (χ2n) is 5.12. The Morgan fingerprint density at radius 2 is 1.90 bits per heavy atom. The number of benzene rings is 1. The Morgan fingerprint density at radius 1 is 1.29 bits per heavy atom. The number of hydrogen-bond acceptors (Lipinski definition) is 4. The molecule has 1 aromatic rings. The van der Waals surface area contributed by atoms with Crippen molar-refractivity contribution < 1.29 is 14.3 Å². The molecular formula is C16H24N2O3. The maximum Gasteiger partial charge on any atom is 0.338 e. The number of anilines is 1. The van der Waals surface area contributed by atoms with E-state index >= 15 is 0 Å². The van der Waals surface area contributed by atoms with E-state index in [4.69, 9.17) is 10.5 Å². The lowest BCUT2D eigenvalue weighted by molar-refractivity contribution is -0.125. The summed E-state index contributed by atoms with van der Waals surface area (Å²) >= 11 is 0. The molecule has 0 aliphatic rings. The summed E-state index contributed by atoms with van der Waals surface area (Å²) in [5.41, 5.74) is 6.96. The van der Waals surface area contributed by atoms with Gasteiger partial charge in [-0.05, 0) is 37.5 Å². The highest BCUT2D eigenvalue weighted by molar-refractivity contribution is 5.99. The molecule has 5 nitrogen and oxygen atoms in total. The summed E-state index contributed by atoms with van der Waals surface area (Å²) in [5, 5.41) is 2.90. The molecule has 0 spiro atoms. The number of amides is 1. The third-order valence-electron chi connectivity index (χ3n) is 4.21. The van der Waals surface area contributed by atoms with Crippen LogP contribution in [0.5, 0.6) is 0 Å². The third-order valence-corrected chi connectivity index (χ3v) is 4.21. The Hall–Kier alpha value is -1.88. The molecule has 116 valence electrons. The lowest BCUT2D eigenvalue weighted by Gasteiger charge is -2.29. The van der Waals surface area contributed by atoms with Crippen LogP contribution in [-0.4, -0.2) is 25.5 Å². The van der Waals surface area contributed by atoms with E-state index in [1.165, 1.54) is 7.11 Å². The average molecular weight is 292 g/mol. The minimum absolute atomic E-state index is 0.111. The Balaban J connectivity index is 3.09. The molecule has 0 atom stereocenters. The quantitative estimate of drug-likeness (QED) is 0.789. The molecule has 3 N–H and O–H groups in total. The Kier molecular flexibility index (Phi) is 5.90. The number of hydrogen-bond donors (Lipinski definition) is 2. The zero-order valence-corrected chi connectivity index (χ0v) is 13.2. The first-order valence-corrected chi connectivity index (χ1v) is 7.15. The van der Waals surface area contributed by atoms with Gasteiger partial charge in [0.05, 0.1) is 18.1 Å². The predicted octanol–water partition coefficient (Wildman–Crippen LogP) is 2.49. The van der Waals surface area contributed by atoms with Gasteiger partial charge in [-0.1, -0.05) is 19.9 Å². The van der Waals surface area contributed by atoms with E-state index in [9.17, 15) is 9.59 Å². The molecule has 1 amide bonds. The maximum atomic E-state index is 12.5. The summed E-state index contributed by atoms with van der Waals surface area (Å²) in [6.07, 6.45) is 1.34. The SMILES string of the molecule is CCC(CC)(CN)C(=O)Nc1cccc(C(=O)OC)c1C. The van der Waals surface area contributed by atoms with Crippen molar-refractivity contribution in [2.75, 3.05) is 19.0 Å². The van der Waals surface area contributed by atoms with E-state index in [0.29, 0.717) is 36.2 Å². The van der Waals surface area contributed by atoms with Crippen LogP contribution in [0.1, 0.15) is 42.6 Å². The van der Waals surface area contributed by atoms with E-state index in [-0.39, 0.29) is 5.91 Å². The topological polar surface area (TPSA) is 81.4 Å². The fourth-order valence-corrected chi connectivity index (χ4v) is 2.31. The van der Waals surface area contributed by atoms with Gasteiger partial charge >= 0.3 is 5.97 Å². The largest absolute Gasteiger partial charge is 0.465 e. The van der Waals surface area contributed by atoms with Gasteiger partial charge in [0.2, 0.25) is 5.91 Å². The molecule has 1 aromatic carbocycles. The van der Waals surface area contributed by atoms with Gasteiger partial charge in [-0.25, -0.2) is 4.79 Å². The van der Waals surface area contributed by atoms with Crippen molar-refractivity contribution in [3.05, 3.63) is 29.3 Å². The Morgan fingerprint density at radius 3 is 2.38 bits per heavy atom. The maximum absolute atomic E-state index is 12.5. The van der Waals surface area contributed by atoms with E-state index in [0.717, 1.165) is 0 Å². The first-order valence-electron chi connectivity index (χ1n) is 7.15. The standard InChI is InChI=1S/C16H24N2O3/c1-5-16(6-2,10-17)15(20)18-13-9-7-8-12(11(13)3)14(19)21-4/h7-9H,5-6,10,17H2,1-4H3,(H,18,20). The number of methoxy groups -OCH3 is 1. The lowest BCUT2D eigenvalue weighted by Crippen LogP contribution is -2.41. The van der Waals surface area contributed by atoms with Crippen LogP contribution in [0.3, 0.4) is 0 Å². The van der Waals surface area contributed by atoms with Gasteiger partial charge in [-0.3, -0.25) is 4.79 Å². The lowest BCUT2D eigenvalue weighted by atomic mass is 9.81. The highest BCUT2D eigenvalue weighted by atomic mass is 16.5. The van der Waals surface area contributed by atoms with Gasteiger partial charge in [-0.2, -0.15) is 0 Å². The molecule has 1 rings (SSSR count). The van der Waals surface area contributed by atoms with Crippen LogP contribution in [-0.2, 0) is 9.53 Å². The second kappa shape index (κ2) is 7.22. The number of nitrogens with two attached hydrogens (primary N) is 1. The van der Waals surface area contributed by atoms with E-state index < -0.39 is 11.4 Å². The monoisotopic (exact) mass is 292 g/mol. The molecule has 0 saturated heterocycles. The van der Waals surface area contributed by atoms with Crippen LogP contribution in [0.25, 0.3) is 0 Å². The van der Waals surface area contributed by atoms with Crippen molar-refractivity contribution in [3.8, 4) is 0 Å². The van der Waals surface area contributed by atoms with Crippen molar-refractivity contribution >= 4 is 17.6 Å². The minimum Gasteiger partial charge on any atom is -0.465 e. The molecule has 0 fully saturated rings. The number of ether oxygens (including phenoxy) is 1. The molecule has 0 aliphatic carbocycles. The van der Waals surface area contributed by atoms with Crippen molar-refractivity contribution in [2.45, 2.75) is 33.6 Å². The number of esters is 1. The number of rotatable bonds is 6. The summed E-state index contributed by atoms with van der Waals surface area (Å²) in [6, 6.07) is 5.16. The molecule has 0 radical (unpaired) electrons. The van der Waals surface area contributed by atoms with Crippen molar-refractivity contribution in [1.82, 2.24) is 0 Å². The van der Waals surface area contributed by atoms with E-state index in [2.05, 4.69) is 5.32 Å². The molecule has 0 heterocycles. The highest BCUT2D eigenvalue weighted by Gasteiger charge is 2.33. The minimum atomic E-state index is -0.576. The Labute approximate surface area is 125 Å². The zero-order chi connectivity index (χ0) is 16.0. The third kappa shape index (κ3) is 3.42. The molecule has 21 heavy (non-hydrogen) atoms. The second-order valence-corrected chi connectivity index (χ2v) is 5.12. The highest BCUT2D eigenvalue weighted by Crippen LogP contribution is 2.28. The number of nitrogens with one attached hydrogen (secondary N) is 1. The van der Waals surface area contributed by atoms with Gasteiger partial charge < -0.3 is 15.8 Å². The normalized spacial score (nSPS) is 11.1. The fraction of sp³-hybridized carbons (Fsp3) is 0.500. The number of carbonyl (C=O) groups excluding carboxylic acids is 2. The van der Waals surface area contributed by atoms with Gasteiger partial charge in [0.25, 0.3) is 0 Å². The summed E-state index contributed by atoms with van der Waals surface area (Å²) in [6.45, 7) is 5.98. The van der Waals surface area contributed by atoms with Crippen LogP contribution in [0.15, 0.2) is 18.2 Å². The van der Waals surface area contributed by atoms with Gasteiger partial charge in [0.15, 0.2) is 0 Å². The molecular weight excluding hydrogens is 268 g/mol. The predicted molar refractivity (Wildman–Crippen MR) is 83.2 cm³/mol. The van der Waals surface area contributed by atoms with Crippen LogP contribution in [0, 0.1) is 12.3 Å². The summed E-state index contributed by atoms with van der Waals surface area (Å²) in [7, 11) is 1.33. The average Bonchev–Trinajstić information content (AvgIpc) is 2.51. The summed E-state index contributed by atoms with van der Waals surface area (Å²) in [5.74, 6) is -0.528. The fourth-order valence-electron chi connectivity index (χ4n) is 2.31. The Bertz CT molecular complexity index is 514. The van der Waals surface area contributed by atoms with Crippen LogP contribution < -0.4 is 11.1 Å². The van der Waals surface area contributed by atoms with Crippen LogP contribution >= 0.6 is 0 Å². The molecule has 0 unspecified atom stereocenters. The van der Waals surface area contributed by atoms with E-state index in [1.807, 2.05) is 13.8 Å². The first-order chi connectivity index (χ1) is 9.95. The van der Waals surface area contributed by atoms with Crippen LogP contribution in [0.4, 0.5) is 5.69 Å². The molecule has 5 heteroatoms. The molecule has 0 aromatic heterocycles. The number of carbonyl (C=O) groups is 2. The van der Waals surface area contributed by atoms with Crippen molar-refractivity contribution in [3.63, 3.8) is 0 Å². The molecule has 0 aliphatic heterocycles. The van der Waals surface area contributed by atoms with E-state index in [1.54, 1.807) is 25.1 Å². The molecule has 0 bridgehead atoms. The van der Waals surface area contributed by atoms with Crippen molar-refractivity contribution in [2.24, 2.45) is 11.1 Å².